The minimum absolute atomic E-state index is 0.0221. The molecular weight excluding hydrogens is 396 g/mol. The molecule has 152 valence electrons. The lowest BCUT2D eigenvalue weighted by atomic mass is 10.1. The van der Waals surface area contributed by atoms with Crippen molar-refractivity contribution in [1.82, 2.24) is 9.88 Å². The van der Waals surface area contributed by atoms with Gasteiger partial charge in [0.1, 0.15) is 5.76 Å². The van der Waals surface area contributed by atoms with Crippen LogP contribution in [-0.2, 0) is 24.2 Å². The Morgan fingerprint density at radius 2 is 1.90 bits per heavy atom. The third kappa shape index (κ3) is 4.86. The van der Waals surface area contributed by atoms with Crippen LogP contribution in [0.5, 0.6) is 0 Å². The molecule has 0 saturated carbocycles. The van der Waals surface area contributed by atoms with E-state index in [4.69, 9.17) is 4.42 Å². The molecule has 0 N–H and O–H groups in total. The largest absolute Gasteiger partial charge is 0.467 e. The standard InChI is InChI=1S/C23H22N4O2S/c1-2-17-5-7-18(8-6-17)14-21-22(28)27(16-20-4-3-13-29-20)23(30-21)26-25-15-19-9-11-24-12-10-19/h3-13,15,21H,2,14,16H2,1H3. The maximum absolute atomic E-state index is 13.1. The van der Waals surface area contributed by atoms with E-state index in [1.54, 1.807) is 29.8 Å². The number of carbonyl (C=O) groups is 1. The van der Waals surface area contributed by atoms with Crippen LogP contribution in [0.4, 0.5) is 0 Å². The van der Waals surface area contributed by atoms with E-state index in [0.717, 1.165) is 17.5 Å². The van der Waals surface area contributed by atoms with Crippen molar-refractivity contribution in [3.05, 3.63) is 89.6 Å². The number of benzene rings is 1. The van der Waals surface area contributed by atoms with Crippen LogP contribution in [0.25, 0.3) is 0 Å². The molecule has 0 spiro atoms. The SMILES string of the molecule is CCc1ccc(CC2SC(=NN=Cc3ccncc3)N(Cc3ccco3)C2=O)cc1. The Labute approximate surface area is 179 Å². The highest BCUT2D eigenvalue weighted by Crippen LogP contribution is 2.31. The van der Waals surface area contributed by atoms with Gasteiger partial charge in [0.05, 0.1) is 24.3 Å². The first-order valence-electron chi connectivity index (χ1n) is 9.82. The second kappa shape index (κ2) is 9.54. The monoisotopic (exact) mass is 418 g/mol. The Morgan fingerprint density at radius 1 is 1.13 bits per heavy atom. The van der Waals surface area contributed by atoms with Crippen LogP contribution in [-0.4, -0.2) is 32.4 Å². The number of thioether (sulfide) groups is 1. The van der Waals surface area contributed by atoms with Gasteiger partial charge in [-0.15, -0.1) is 5.10 Å². The third-order valence-electron chi connectivity index (χ3n) is 4.82. The van der Waals surface area contributed by atoms with Gasteiger partial charge in [0, 0.05) is 12.4 Å². The second-order valence-electron chi connectivity index (χ2n) is 6.89. The van der Waals surface area contributed by atoms with E-state index in [2.05, 4.69) is 46.4 Å². The first-order valence-corrected chi connectivity index (χ1v) is 10.7. The van der Waals surface area contributed by atoms with Gasteiger partial charge in [-0.3, -0.25) is 14.7 Å². The summed E-state index contributed by atoms with van der Waals surface area (Å²) < 4.78 is 5.44. The summed E-state index contributed by atoms with van der Waals surface area (Å²) in [4.78, 5) is 18.8. The van der Waals surface area contributed by atoms with E-state index in [0.29, 0.717) is 23.9 Å². The van der Waals surface area contributed by atoms with Crippen LogP contribution >= 0.6 is 11.8 Å². The molecule has 4 rings (SSSR count). The van der Waals surface area contributed by atoms with Crippen molar-refractivity contribution in [2.24, 2.45) is 10.2 Å². The Hall–Kier alpha value is -3.19. The van der Waals surface area contributed by atoms with Crippen molar-refractivity contribution in [2.45, 2.75) is 31.6 Å². The summed E-state index contributed by atoms with van der Waals surface area (Å²) >= 11 is 1.45. The molecule has 6 nitrogen and oxygen atoms in total. The molecule has 1 fully saturated rings. The van der Waals surface area contributed by atoms with Crippen molar-refractivity contribution in [2.75, 3.05) is 0 Å². The van der Waals surface area contributed by atoms with Gasteiger partial charge >= 0.3 is 0 Å². The number of hydrogen-bond acceptors (Lipinski definition) is 6. The summed E-state index contributed by atoms with van der Waals surface area (Å²) in [6.07, 6.45) is 8.31. The summed E-state index contributed by atoms with van der Waals surface area (Å²) in [5, 5.41) is 8.88. The topological polar surface area (TPSA) is 71.1 Å². The maximum Gasteiger partial charge on any atom is 0.242 e. The number of furan rings is 1. The van der Waals surface area contributed by atoms with Gasteiger partial charge in [-0.1, -0.05) is 43.0 Å². The van der Waals surface area contributed by atoms with Crippen molar-refractivity contribution in [3.8, 4) is 0 Å². The quantitative estimate of drug-likeness (QED) is 0.423. The average molecular weight is 419 g/mol. The first kappa shape index (κ1) is 20.1. The second-order valence-corrected chi connectivity index (χ2v) is 8.06. The van der Waals surface area contributed by atoms with Crippen LogP contribution in [0, 0.1) is 0 Å². The zero-order chi connectivity index (χ0) is 20.8. The fraction of sp³-hybridized carbons (Fsp3) is 0.217. The highest BCUT2D eigenvalue weighted by Gasteiger charge is 2.38. The fourth-order valence-corrected chi connectivity index (χ4v) is 4.27. The van der Waals surface area contributed by atoms with Crippen LogP contribution in [0.15, 0.2) is 81.8 Å². The normalized spacial score (nSPS) is 18.0. The highest BCUT2D eigenvalue weighted by atomic mass is 32.2. The molecule has 0 aliphatic carbocycles. The van der Waals surface area contributed by atoms with Crippen molar-refractivity contribution in [3.63, 3.8) is 0 Å². The number of pyridine rings is 1. The van der Waals surface area contributed by atoms with Gasteiger partial charge in [0.15, 0.2) is 5.17 Å². The molecular formula is C23H22N4O2S. The predicted molar refractivity (Wildman–Crippen MR) is 119 cm³/mol. The molecule has 1 amide bonds. The number of amidine groups is 1. The number of hydrogen-bond donors (Lipinski definition) is 0. The van der Waals surface area contributed by atoms with Gasteiger partial charge in [-0.25, -0.2) is 0 Å². The lowest BCUT2D eigenvalue weighted by Crippen LogP contribution is -2.32. The minimum Gasteiger partial charge on any atom is -0.467 e. The van der Waals surface area contributed by atoms with Gasteiger partial charge in [0.25, 0.3) is 0 Å². The molecule has 0 bridgehead atoms. The van der Waals surface area contributed by atoms with Crippen LogP contribution in [0.3, 0.4) is 0 Å². The number of carbonyl (C=O) groups excluding carboxylic acids is 1. The van der Waals surface area contributed by atoms with Gasteiger partial charge in [-0.2, -0.15) is 5.10 Å². The Bertz CT molecular complexity index is 1030. The molecule has 1 atom stereocenters. The summed E-state index contributed by atoms with van der Waals surface area (Å²) in [6, 6.07) is 15.8. The summed E-state index contributed by atoms with van der Waals surface area (Å²) in [5.74, 6) is 0.733. The molecule has 3 aromatic rings. The molecule has 1 aliphatic rings. The van der Waals surface area contributed by atoms with Gasteiger partial charge < -0.3 is 4.42 Å². The molecule has 1 aliphatic heterocycles. The Balaban J connectivity index is 1.53. The fourth-order valence-electron chi connectivity index (χ4n) is 3.14. The molecule has 3 heterocycles. The van der Waals surface area contributed by atoms with Crippen molar-refractivity contribution >= 4 is 29.1 Å². The summed E-state index contributed by atoms with van der Waals surface area (Å²) in [7, 11) is 0. The van der Waals surface area contributed by atoms with E-state index in [1.165, 1.54) is 17.3 Å². The molecule has 1 unspecified atom stereocenters. The van der Waals surface area contributed by atoms with E-state index in [-0.39, 0.29) is 11.2 Å². The highest BCUT2D eigenvalue weighted by molar-refractivity contribution is 8.15. The van der Waals surface area contributed by atoms with Crippen LogP contribution < -0.4 is 0 Å². The summed E-state index contributed by atoms with van der Waals surface area (Å²) in [5.41, 5.74) is 3.32. The minimum atomic E-state index is -0.234. The van der Waals surface area contributed by atoms with E-state index in [9.17, 15) is 4.79 Å². The van der Waals surface area contributed by atoms with Crippen LogP contribution in [0.1, 0.15) is 29.4 Å². The molecule has 1 aromatic carbocycles. The van der Waals surface area contributed by atoms with E-state index >= 15 is 0 Å². The molecule has 30 heavy (non-hydrogen) atoms. The zero-order valence-electron chi connectivity index (χ0n) is 16.6. The maximum atomic E-state index is 13.1. The first-order chi connectivity index (χ1) is 14.7. The third-order valence-corrected chi connectivity index (χ3v) is 5.99. The molecule has 2 aromatic heterocycles. The van der Waals surface area contributed by atoms with Crippen LogP contribution in [0.2, 0.25) is 0 Å². The van der Waals surface area contributed by atoms with E-state index in [1.807, 2.05) is 24.3 Å². The van der Waals surface area contributed by atoms with E-state index < -0.39 is 0 Å². The Morgan fingerprint density at radius 3 is 2.60 bits per heavy atom. The van der Waals surface area contributed by atoms with Crippen molar-refractivity contribution < 1.29 is 9.21 Å². The lowest BCUT2D eigenvalue weighted by Gasteiger charge is -2.14. The van der Waals surface area contributed by atoms with Gasteiger partial charge in [0.2, 0.25) is 5.91 Å². The molecule has 7 heteroatoms. The summed E-state index contributed by atoms with van der Waals surface area (Å²) in [6.45, 7) is 2.47. The average Bonchev–Trinajstić information content (AvgIpc) is 3.39. The lowest BCUT2D eigenvalue weighted by molar-refractivity contribution is -0.126. The number of nitrogens with zero attached hydrogens (tertiary/aromatic N) is 4. The number of aromatic nitrogens is 1. The molecule has 1 saturated heterocycles. The number of amides is 1. The Kier molecular flexibility index (Phi) is 6.39. The van der Waals surface area contributed by atoms with Crippen molar-refractivity contribution in [1.29, 1.82) is 0 Å². The smallest absolute Gasteiger partial charge is 0.242 e. The zero-order valence-corrected chi connectivity index (χ0v) is 17.5. The predicted octanol–water partition coefficient (Wildman–Crippen LogP) is 4.31. The number of rotatable bonds is 7. The molecule has 0 radical (unpaired) electrons. The van der Waals surface area contributed by atoms with Gasteiger partial charge in [-0.05, 0) is 53.8 Å². The number of aryl methyl sites for hydroxylation is 1.